The van der Waals surface area contributed by atoms with Crippen LogP contribution in [0.25, 0.3) is 0 Å². The number of rotatable bonds is 6. The number of nitrogens with one attached hydrogen (secondary N) is 1. The molecule has 0 bridgehead atoms. The maximum atomic E-state index is 13.5. The van der Waals surface area contributed by atoms with E-state index in [1.807, 2.05) is 47.4 Å². The summed E-state index contributed by atoms with van der Waals surface area (Å²) >= 11 is 7.33. The van der Waals surface area contributed by atoms with Crippen molar-refractivity contribution in [2.75, 3.05) is 11.5 Å². The number of fused-ring (bicyclic) bond motifs is 1. The molecule has 2 aliphatic heterocycles. The molecule has 37 heavy (non-hydrogen) atoms. The topological polar surface area (TPSA) is 105 Å². The lowest BCUT2D eigenvalue weighted by Gasteiger charge is -2.25. The third-order valence-corrected chi connectivity index (χ3v) is 9.42. The van der Waals surface area contributed by atoms with Gasteiger partial charge in [0.1, 0.15) is 11.6 Å². The molecule has 198 valence electrons. The maximum absolute atomic E-state index is 13.5. The first-order chi connectivity index (χ1) is 17.4. The number of alkyl carbamates (subject to hydrolysis) is 1. The van der Waals surface area contributed by atoms with Gasteiger partial charge in [-0.05, 0) is 44.0 Å². The third-order valence-electron chi connectivity index (χ3n) is 5.92. The van der Waals surface area contributed by atoms with Crippen LogP contribution >= 0.6 is 23.4 Å². The van der Waals surface area contributed by atoms with Crippen LogP contribution in [0.4, 0.5) is 4.79 Å². The van der Waals surface area contributed by atoms with E-state index < -0.39 is 33.5 Å². The molecule has 2 fully saturated rings. The van der Waals surface area contributed by atoms with Crippen LogP contribution in [-0.2, 0) is 32.3 Å². The first-order valence-electron chi connectivity index (χ1n) is 11.9. The number of hydrogen-bond acceptors (Lipinski definition) is 6. The number of carbonyl (C=O) groups is 2. The molecule has 0 aromatic heterocycles. The van der Waals surface area contributed by atoms with E-state index in [4.69, 9.17) is 16.3 Å². The van der Waals surface area contributed by atoms with Gasteiger partial charge in [-0.1, -0.05) is 65.8 Å². The predicted molar refractivity (Wildman–Crippen MR) is 147 cm³/mol. The van der Waals surface area contributed by atoms with E-state index >= 15 is 0 Å². The molecule has 4 rings (SSSR count). The summed E-state index contributed by atoms with van der Waals surface area (Å²) in [4.78, 5) is 32.3. The van der Waals surface area contributed by atoms with Crippen LogP contribution in [-0.4, -0.2) is 64.9 Å². The molecule has 0 radical (unpaired) electrons. The number of carbonyl (C=O) groups excluding carboxylic acids is 2. The highest BCUT2D eigenvalue weighted by Crippen LogP contribution is 2.39. The number of thioether (sulfide) groups is 1. The molecular formula is C26H30ClN3O5S2. The highest BCUT2D eigenvalue weighted by atomic mass is 35.5. The summed E-state index contributed by atoms with van der Waals surface area (Å²) in [6, 6.07) is 15.4. The average molecular weight is 564 g/mol. The zero-order chi connectivity index (χ0) is 26.8. The van der Waals surface area contributed by atoms with Crippen molar-refractivity contribution in [3.05, 3.63) is 70.7 Å². The molecule has 2 saturated heterocycles. The summed E-state index contributed by atoms with van der Waals surface area (Å²) in [5, 5.41) is 3.51. The van der Waals surface area contributed by atoms with Crippen LogP contribution in [0.15, 0.2) is 59.6 Å². The van der Waals surface area contributed by atoms with Gasteiger partial charge in [-0.2, -0.15) is 4.99 Å². The van der Waals surface area contributed by atoms with Crippen molar-refractivity contribution in [3.63, 3.8) is 0 Å². The SMILES string of the molecule is CC(C)(C)OC(=O)NC(Cc1ccccc1)C(=O)N=C1SC2CS(=O)(=O)CC2N1Cc1ccc(Cl)cc1. The lowest BCUT2D eigenvalue weighted by molar-refractivity contribution is -0.119. The Bertz CT molecular complexity index is 1280. The van der Waals surface area contributed by atoms with Crippen LogP contribution in [0.2, 0.25) is 5.02 Å². The monoisotopic (exact) mass is 563 g/mol. The van der Waals surface area contributed by atoms with Gasteiger partial charge >= 0.3 is 6.09 Å². The summed E-state index contributed by atoms with van der Waals surface area (Å²) in [6.45, 7) is 5.63. The molecule has 2 amide bonds. The quantitative estimate of drug-likeness (QED) is 0.564. The van der Waals surface area contributed by atoms with Gasteiger partial charge in [0.15, 0.2) is 15.0 Å². The van der Waals surface area contributed by atoms with Gasteiger partial charge in [-0.25, -0.2) is 13.2 Å². The van der Waals surface area contributed by atoms with Crippen molar-refractivity contribution in [1.82, 2.24) is 10.2 Å². The average Bonchev–Trinajstić information content (AvgIpc) is 3.25. The third kappa shape index (κ3) is 7.49. The van der Waals surface area contributed by atoms with Crippen molar-refractivity contribution >= 4 is 50.4 Å². The number of aliphatic imine (C=N–C) groups is 1. The van der Waals surface area contributed by atoms with Crippen LogP contribution in [0.1, 0.15) is 31.9 Å². The largest absolute Gasteiger partial charge is 0.444 e. The number of sulfone groups is 1. The summed E-state index contributed by atoms with van der Waals surface area (Å²) in [5.74, 6) is -0.480. The second-order valence-corrected chi connectivity index (χ2v) is 14.0. The van der Waals surface area contributed by atoms with Crippen molar-refractivity contribution in [2.45, 2.75) is 56.7 Å². The number of ether oxygens (including phenoxy) is 1. The first-order valence-corrected chi connectivity index (χ1v) is 15.0. The Morgan fingerprint density at radius 1 is 1.11 bits per heavy atom. The normalized spacial score (nSPS) is 22.5. The van der Waals surface area contributed by atoms with Gasteiger partial charge in [0.05, 0.1) is 17.5 Å². The smallest absolute Gasteiger partial charge is 0.408 e. The zero-order valence-electron chi connectivity index (χ0n) is 20.9. The van der Waals surface area contributed by atoms with Crippen molar-refractivity contribution in [3.8, 4) is 0 Å². The highest BCUT2D eigenvalue weighted by Gasteiger charge is 2.48. The molecule has 0 spiro atoms. The van der Waals surface area contributed by atoms with E-state index in [-0.39, 0.29) is 29.2 Å². The summed E-state index contributed by atoms with van der Waals surface area (Å²) < 4.78 is 30.0. The maximum Gasteiger partial charge on any atom is 0.408 e. The molecule has 11 heteroatoms. The Kier molecular flexibility index (Phi) is 8.20. The molecule has 8 nitrogen and oxygen atoms in total. The Morgan fingerprint density at radius 2 is 1.78 bits per heavy atom. The number of nitrogens with zero attached hydrogens (tertiary/aromatic N) is 2. The fourth-order valence-electron chi connectivity index (χ4n) is 4.28. The van der Waals surface area contributed by atoms with Crippen molar-refractivity contribution in [1.29, 1.82) is 0 Å². The van der Waals surface area contributed by atoms with E-state index in [1.165, 1.54) is 11.8 Å². The Labute approximate surface area is 226 Å². The van der Waals surface area contributed by atoms with Gasteiger partial charge in [-0.15, -0.1) is 0 Å². The lowest BCUT2D eigenvalue weighted by Crippen LogP contribution is -2.45. The number of amides is 2. The predicted octanol–water partition coefficient (Wildman–Crippen LogP) is 4.07. The fraction of sp³-hybridized carbons (Fsp3) is 0.423. The Balaban J connectivity index is 1.60. The minimum atomic E-state index is -3.18. The Hall–Kier alpha value is -2.56. The molecule has 3 atom stereocenters. The highest BCUT2D eigenvalue weighted by molar-refractivity contribution is 8.15. The van der Waals surface area contributed by atoms with Crippen molar-refractivity contribution in [2.24, 2.45) is 4.99 Å². The number of benzene rings is 2. The second-order valence-electron chi connectivity index (χ2n) is 10.2. The second kappa shape index (κ2) is 11.0. The van der Waals surface area contributed by atoms with E-state index in [1.54, 1.807) is 32.9 Å². The van der Waals surface area contributed by atoms with Crippen LogP contribution in [0.3, 0.4) is 0 Å². The number of amidine groups is 1. The van der Waals surface area contributed by atoms with Crippen molar-refractivity contribution < 1.29 is 22.7 Å². The van der Waals surface area contributed by atoms with Gasteiger partial charge in [0.2, 0.25) is 0 Å². The van der Waals surface area contributed by atoms with Crippen LogP contribution in [0.5, 0.6) is 0 Å². The first kappa shape index (κ1) is 27.5. The molecule has 0 saturated carbocycles. The molecule has 3 unspecified atom stereocenters. The van der Waals surface area contributed by atoms with Gasteiger partial charge < -0.3 is 15.0 Å². The zero-order valence-corrected chi connectivity index (χ0v) is 23.3. The van der Waals surface area contributed by atoms with Crippen LogP contribution < -0.4 is 5.32 Å². The molecular weight excluding hydrogens is 534 g/mol. The van der Waals surface area contributed by atoms with E-state index in [9.17, 15) is 18.0 Å². The standard InChI is InChI=1S/C26H30ClN3O5S2/c1-26(2,3)35-25(32)28-20(13-17-7-5-4-6-8-17)23(31)29-24-30(14-18-9-11-19(27)12-10-18)21-15-37(33,34)16-22(21)36-24/h4-12,20-22H,13-16H2,1-3H3,(H,28,32). The Morgan fingerprint density at radius 3 is 2.43 bits per heavy atom. The molecule has 2 aromatic carbocycles. The van der Waals surface area contributed by atoms with Gasteiger partial charge in [-0.3, -0.25) is 4.79 Å². The minimum Gasteiger partial charge on any atom is -0.444 e. The van der Waals surface area contributed by atoms with E-state index in [2.05, 4.69) is 10.3 Å². The van der Waals surface area contributed by atoms with Gasteiger partial charge in [0.25, 0.3) is 5.91 Å². The summed E-state index contributed by atoms with van der Waals surface area (Å²) in [5.41, 5.74) is 1.05. The molecule has 2 heterocycles. The molecule has 2 aromatic rings. The number of halogens is 1. The minimum absolute atomic E-state index is 0.00900. The van der Waals surface area contributed by atoms with Crippen LogP contribution in [0, 0.1) is 0 Å². The summed E-state index contributed by atoms with van der Waals surface area (Å²) in [7, 11) is -3.18. The summed E-state index contributed by atoms with van der Waals surface area (Å²) in [6.07, 6.45) is -0.472. The van der Waals surface area contributed by atoms with E-state index in [0.717, 1.165) is 11.1 Å². The lowest BCUT2D eigenvalue weighted by atomic mass is 10.1. The molecule has 0 aliphatic carbocycles. The molecule has 2 aliphatic rings. The number of hydrogen-bond donors (Lipinski definition) is 1. The van der Waals surface area contributed by atoms with E-state index in [0.29, 0.717) is 16.7 Å². The molecule has 1 N–H and O–H groups in total. The fourth-order valence-corrected chi connectivity index (χ4v) is 8.36. The van der Waals surface area contributed by atoms with Gasteiger partial charge in [0, 0.05) is 23.2 Å².